The number of primary amides is 1. The molecule has 1 saturated carbocycles. The van der Waals surface area contributed by atoms with Crippen LogP contribution in [0.2, 0.25) is 0 Å². The lowest BCUT2D eigenvalue weighted by molar-refractivity contribution is 0.100. The molecule has 0 aromatic carbocycles. The molecule has 0 spiro atoms. The molecule has 8 heteroatoms. The van der Waals surface area contributed by atoms with Crippen LogP contribution in [0.1, 0.15) is 36.0 Å². The molecule has 3 heterocycles. The zero-order valence-electron chi connectivity index (χ0n) is 17.8. The maximum Gasteiger partial charge on any atom is 0.252 e. The van der Waals surface area contributed by atoms with Gasteiger partial charge in [0.2, 0.25) is 5.82 Å². The van der Waals surface area contributed by atoms with E-state index in [4.69, 9.17) is 10.7 Å². The number of hydrogen-bond acceptors (Lipinski definition) is 5. The second-order valence-electron chi connectivity index (χ2n) is 8.48. The molecule has 158 valence electrons. The molecule has 5 N–H and O–H groups in total. The van der Waals surface area contributed by atoms with Crippen LogP contribution in [0.5, 0.6) is 0 Å². The molecule has 0 saturated heterocycles. The molecule has 2 atom stereocenters. The van der Waals surface area contributed by atoms with E-state index in [0.29, 0.717) is 27.9 Å². The number of aromatic amines is 1. The number of anilines is 2. The number of H-pyrrole nitrogens is 1. The molecule has 0 bridgehead atoms. The summed E-state index contributed by atoms with van der Waals surface area (Å²) in [6, 6.07) is 8.38. The van der Waals surface area contributed by atoms with Crippen LogP contribution in [0.3, 0.4) is 0 Å². The normalized spacial score (nSPS) is 19.7. The van der Waals surface area contributed by atoms with Crippen LogP contribution >= 0.6 is 0 Å². The molecular weight excluding hydrogens is 378 g/mol. The van der Waals surface area contributed by atoms with Gasteiger partial charge in [-0.3, -0.25) is 14.3 Å². The fourth-order valence-corrected chi connectivity index (χ4v) is 4.59. The van der Waals surface area contributed by atoms with Gasteiger partial charge in [-0.15, -0.1) is 0 Å². The Morgan fingerprint density at radius 2 is 2.03 bits per heavy atom. The Hall–Kier alpha value is -2.97. The first-order valence-corrected chi connectivity index (χ1v) is 10.4. The average molecular weight is 409 g/mol. The molecule has 0 aliphatic heterocycles. The molecule has 3 aromatic heterocycles. The van der Waals surface area contributed by atoms with Crippen LogP contribution < -0.4 is 20.9 Å². The summed E-state index contributed by atoms with van der Waals surface area (Å²) in [6.07, 6.45) is 8.34. The van der Waals surface area contributed by atoms with Gasteiger partial charge >= 0.3 is 0 Å². The number of likely N-dealkylation sites (N-methyl/N-ethyl adjacent to an activating group) is 2. The van der Waals surface area contributed by atoms with E-state index in [0.717, 1.165) is 35.4 Å². The summed E-state index contributed by atoms with van der Waals surface area (Å²) >= 11 is 0. The monoisotopic (exact) mass is 408 g/mol. The fourth-order valence-electron chi connectivity index (χ4n) is 4.59. The molecule has 1 amide bonds. The van der Waals surface area contributed by atoms with E-state index in [2.05, 4.69) is 34.7 Å². The molecular formula is C22H30N7O+. The van der Waals surface area contributed by atoms with Gasteiger partial charge in [-0.2, -0.15) is 4.98 Å². The van der Waals surface area contributed by atoms with Crippen molar-refractivity contribution in [2.24, 2.45) is 5.73 Å². The van der Waals surface area contributed by atoms with E-state index in [1.807, 2.05) is 31.4 Å². The molecule has 8 nitrogen and oxygen atoms in total. The minimum Gasteiger partial charge on any atom is -0.365 e. The zero-order valence-corrected chi connectivity index (χ0v) is 17.8. The average Bonchev–Trinajstić information content (AvgIpc) is 3.21. The van der Waals surface area contributed by atoms with Crippen LogP contribution in [0.25, 0.3) is 11.0 Å². The van der Waals surface area contributed by atoms with E-state index in [-0.39, 0.29) is 0 Å². The summed E-state index contributed by atoms with van der Waals surface area (Å²) < 4.78 is 0.632. The smallest absolute Gasteiger partial charge is 0.252 e. The van der Waals surface area contributed by atoms with Gasteiger partial charge in [0.15, 0.2) is 0 Å². The number of nitrogens with one attached hydrogen (secondary N) is 3. The van der Waals surface area contributed by atoms with Crippen molar-refractivity contribution >= 4 is 34.3 Å². The van der Waals surface area contributed by atoms with Gasteiger partial charge in [-0.25, -0.2) is 0 Å². The molecule has 2 unspecified atom stereocenters. The largest absolute Gasteiger partial charge is 0.365 e. The third-order valence-corrected chi connectivity index (χ3v) is 6.33. The third-order valence-electron chi connectivity index (χ3n) is 6.33. The predicted molar refractivity (Wildman–Crippen MR) is 121 cm³/mol. The second-order valence-corrected chi connectivity index (χ2v) is 8.48. The minimum atomic E-state index is -0.512. The van der Waals surface area contributed by atoms with E-state index >= 15 is 0 Å². The highest BCUT2D eigenvalue weighted by Crippen LogP contribution is 2.32. The quantitative estimate of drug-likeness (QED) is 0.469. The van der Waals surface area contributed by atoms with Crippen molar-refractivity contribution in [2.75, 3.05) is 26.5 Å². The van der Waals surface area contributed by atoms with Gasteiger partial charge in [0.25, 0.3) is 5.91 Å². The summed E-state index contributed by atoms with van der Waals surface area (Å²) in [4.78, 5) is 24.5. The van der Waals surface area contributed by atoms with Crippen LogP contribution in [0.4, 0.5) is 17.3 Å². The maximum atomic E-state index is 12.0. The van der Waals surface area contributed by atoms with Crippen LogP contribution in [0.15, 0.2) is 36.7 Å². The molecule has 1 aliphatic carbocycles. The number of carbonyl (C=O) groups excluding carboxylic acids is 1. The van der Waals surface area contributed by atoms with E-state index in [1.165, 1.54) is 12.8 Å². The van der Waals surface area contributed by atoms with Crippen LogP contribution in [-0.4, -0.2) is 54.1 Å². The van der Waals surface area contributed by atoms with Gasteiger partial charge in [0, 0.05) is 18.7 Å². The Morgan fingerprint density at radius 1 is 1.23 bits per heavy atom. The Kier molecular flexibility index (Phi) is 5.44. The van der Waals surface area contributed by atoms with Gasteiger partial charge in [0.05, 0.1) is 48.6 Å². The van der Waals surface area contributed by atoms with E-state index in [1.54, 1.807) is 12.3 Å². The number of rotatable bonds is 6. The number of amides is 1. The maximum absolute atomic E-state index is 12.0. The van der Waals surface area contributed by atoms with Gasteiger partial charge < -0.3 is 21.4 Å². The third kappa shape index (κ3) is 3.76. The summed E-state index contributed by atoms with van der Waals surface area (Å²) in [5.41, 5.74) is 8.53. The Balaban J connectivity index is 1.70. The SMILES string of the molecule is CNC1CCCCC1[N+](C)(C)c1ccc(C(N)=O)c(Nc2cnc3cc[nH]c3c2)n1. The molecule has 1 aliphatic rings. The Morgan fingerprint density at radius 3 is 2.80 bits per heavy atom. The first kappa shape index (κ1) is 20.3. The van der Waals surface area contributed by atoms with Gasteiger partial charge in [-0.05, 0) is 38.1 Å². The topological polar surface area (TPSA) is 109 Å². The lowest BCUT2D eigenvalue weighted by atomic mass is 9.88. The van der Waals surface area contributed by atoms with Crippen molar-refractivity contribution in [1.29, 1.82) is 0 Å². The number of carbonyl (C=O) groups is 1. The molecule has 0 radical (unpaired) electrons. The highest BCUT2D eigenvalue weighted by molar-refractivity contribution is 5.98. The second kappa shape index (κ2) is 8.04. The molecule has 30 heavy (non-hydrogen) atoms. The minimum absolute atomic E-state index is 0.360. The lowest BCUT2D eigenvalue weighted by Gasteiger charge is -2.43. The van der Waals surface area contributed by atoms with Crippen molar-refractivity contribution in [2.45, 2.75) is 37.8 Å². The van der Waals surface area contributed by atoms with E-state index < -0.39 is 5.91 Å². The number of aromatic nitrogens is 3. The van der Waals surface area contributed by atoms with Crippen molar-refractivity contribution in [3.8, 4) is 0 Å². The van der Waals surface area contributed by atoms with Crippen molar-refractivity contribution in [1.82, 2.24) is 24.8 Å². The number of pyridine rings is 2. The number of fused-ring (bicyclic) bond motifs is 1. The molecule has 4 rings (SSSR count). The summed E-state index contributed by atoms with van der Waals surface area (Å²) in [5, 5.41) is 6.74. The Labute approximate surface area is 176 Å². The number of quaternary nitrogens is 1. The lowest BCUT2D eigenvalue weighted by Crippen LogP contribution is -2.60. The molecule has 1 fully saturated rings. The summed E-state index contributed by atoms with van der Waals surface area (Å²) in [5.74, 6) is 0.834. The van der Waals surface area contributed by atoms with Crippen molar-refractivity contribution in [3.05, 3.63) is 42.2 Å². The number of hydrogen-bond donors (Lipinski definition) is 4. The number of nitrogens with zero attached hydrogens (tertiary/aromatic N) is 3. The van der Waals surface area contributed by atoms with E-state index in [9.17, 15) is 4.79 Å². The van der Waals surface area contributed by atoms with Crippen LogP contribution in [0, 0.1) is 0 Å². The predicted octanol–water partition coefficient (Wildman–Crippen LogP) is 2.90. The van der Waals surface area contributed by atoms with Crippen molar-refractivity contribution in [3.63, 3.8) is 0 Å². The Bertz CT molecular complexity index is 1060. The zero-order chi connectivity index (χ0) is 21.3. The standard InChI is InChI=1S/C22H29N7O/c1-24-17-6-4-5-7-19(17)29(2,3)20-9-8-15(21(23)30)22(28-20)27-14-12-18-16(26-13-14)10-11-25-18/h8-13,17,19,24H,4-7H2,1-3H3,(H3-,23,25,26,27,28,30)/p+1. The summed E-state index contributed by atoms with van der Waals surface area (Å²) in [6.45, 7) is 0. The number of nitrogens with two attached hydrogens (primary N) is 1. The highest BCUT2D eigenvalue weighted by atomic mass is 16.1. The van der Waals surface area contributed by atoms with Crippen LogP contribution in [-0.2, 0) is 0 Å². The fraction of sp³-hybridized carbons (Fsp3) is 0.409. The first-order valence-electron chi connectivity index (χ1n) is 10.4. The van der Waals surface area contributed by atoms with Crippen molar-refractivity contribution < 1.29 is 4.79 Å². The van der Waals surface area contributed by atoms with Gasteiger partial charge in [0.1, 0.15) is 11.9 Å². The highest BCUT2D eigenvalue weighted by Gasteiger charge is 2.39. The molecule has 3 aromatic rings. The van der Waals surface area contributed by atoms with Gasteiger partial charge in [-0.1, -0.05) is 6.42 Å². The summed E-state index contributed by atoms with van der Waals surface area (Å²) in [7, 11) is 6.40. The first-order chi connectivity index (χ1) is 14.4.